The molecule has 0 saturated carbocycles. The van der Waals surface area contributed by atoms with Gasteiger partial charge < -0.3 is 16.0 Å². The van der Waals surface area contributed by atoms with E-state index in [0.29, 0.717) is 11.1 Å². The Morgan fingerprint density at radius 1 is 1.03 bits per heavy atom. The van der Waals surface area contributed by atoms with Gasteiger partial charge in [-0.1, -0.05) is 12.1 Å². The average Bonchev–Trinajstić information content (AvgIpc) is 2.81. The molecule has 0 fully saturated rings. The third-order valence-electron chi connectivity index (χ3n) is 4.97. The molecular weight excluding hydrogens is 432 g/mol. The second-order valence-corrected chi connectivity index (χ2v) is 7.29. The van der Waals surface area contributed by atoms with E-state index in [-0.39, 0.29) is 30.4 Å². The topological polar surface area (TPSA) is 105 Å². The molecule has 172 valence electrons. The van der Waals surface area contributed by atoms with Gasteiger partial charge >= 0.3 is 0 Å². The summed E-state index contributed by atoms with van der Waals surface area (Å²) in [5.74, 6) is -2.04. The second-order valence-electron chi connectivity index (χ2n) is 7.29. The van der Waals surface area contributed by atoms with Crippen molar-refractivity contribution in [1.82, 2.24) is 20.2 Å². The highest BCUT2D eigenvalue weighted by Gasteiger charge is 2.18. The summed E-state index contributed by atoms with van der Waals surface area (Å²) in [6.45, 7) is 1.37. The normalized spacial score (nSPS) is 11.6. The van der Waals surface area contributed by atoms with E-state index in [1.54, 1.807) is 14.0 Å². The highest BCUT2D eigenvalue weighted by Crippen LogP contribution is 2.18. The number of amides is 2. The van der Waals surface area contributed by atoms with Crippen LogP contribution in [0.25, 0.3) is 11.3 Å². The van der Waals surface area contributed by atoms with Crippen LogP contribution in [0.2, 0.25) is 0 Å². The van der Waals surface area contributed by atoms with Crippen LogP contribution < -0.4 is 21.5 Å². The number of nitrogens with one attached hydrogen (secondary N) is 3. The van der Waals surface area contributed by atoms with Gasteiger partial charge in [0.05, 0.1) is 17.9 Å². The monoisotopic (exact) mass is 455 g/mol. The van der Waals surface area contributed by atoms with Crippen molar-refractivity contribution in [2.24, 2.45) is 0 Å². The Hall–Kier alpha value is -3.92. The fourth-order valence-electron chi connectivity index (χ4n) is 2.94. The van der Waals surface area contributed by atoms with E-state index in [4.69, 9.17) is 0 Å². The molecular formula is C23H23F2N5O3. The van der Waals surface area contributed by atoms with Crippen LogP contribution in [-0.4, -0.2) is 34.5 Å². The van der Waals surface area contributed by atoms with Crippen LogP contribution in [-0.2, 0) is 22.7 Å². The van der Waals surface area contributed by atoms with E-state index in [1.165, 1.54) is 54.7 Å². The molecule has 33 heavy (non-hydrogen) atoms. The van der Waals surface area contributed by atoms with E-state index < -0.39 is 29.2 Å². The maximum atomic E-state index is 13.4. The summed E-state index contributed by atoms with van der Waals surface area (Å²) in [4.78, 5) is 41.9. The van der Waals surface area contributed by atoms with E-state index in [2.05, 4.69) is 20.9 Å². The van der Waals surface area contributed by atoms with Crippen molar-refractivity contribution in [1.29, 1.82) is 0 Å². The zero-order valence-corrected chi connectivity index (χ0v) is 18.1. The number of hydrogen-bond acceptors (Lipinski definition) is 5. The standard InChI is InChI=1S/C23H23F2N5O3/c1-14(26-2)22(32)29-21-23(33)30(19(12-28-21)16-5-9-18(25)10-6-16)13-20(31)27-11-15-3-7-17(24)8-4-15/h3-10,12,14,26H,11,13H2,1-2H3,(H,27,31)(H,28,29,32). The quantitative estimate of drug-likeness (QED) is 0.482. The molecule has 0 aliphatic carbocycles. The maximum Gasteiger partial charge on any atom is 0.294 e. The fraction of sp³-hybridized carbons (Fsp3) is 0.217. The molecule has 8 nitrogen and oxygen atoms in total. The lowest BCUT2D eigenvalue weighted by Crippen LogP contribution is -2.39. The minimum Gasteiger partial charge on any atom is -0.350 e. The zero-order chi connectivity index (χ0) is 24.0. The third-order valence-corrected chi connectivity index (χ3v) is 4.97. The molecule has 3 N–H and O–H groups in total. The van der Waals surface area contributed by atoms with Crippen LogP contribution in [0.15, 0.2) is 59.5 Å². The Balaban J connectivity index is 1.89. The van der Waals surface area contributed by atoms with Crippen LogP contribution in [0.4, 0.5) is 14.6 Å². The predicted molar refractivity (Wildman–Crippen MR) is 119 cm³/mol. The first-order chi connectivity index (χ1) is 15.8. The van der Waals surface area contributed by atoms with Crippen molar-refractivity contribution in [2.75, 3.05) is 12.4 Å². The highest BCUT2D eigenvalue weighted by atomic mass is 19.1. The number of anilines is 1. The van der Waals surface area contributed by atoms with E-state index in [1.807, 2.05) is 0 Å². The first-order valence-corrected chi connectivity index (χ1v) is 10.1. The van der Waals surface area contributed by atoms with Gasteiger partial charge in [-0.3, -0.25) is 19.0 Å². The van der Waals surface area contributed by atoms with Crippen molar-refractivity contribution in [2.45, 2.75) is 26.1 Å². The van der Waals surface area contributed by atoms with Crippen molar-refractivity contribution in [3.05, 3.63) is 82.3 Å². The lowest BCUT2D eigenvalue weighted by Gasteiger charge is -2.16. The van der Waals surface area contributed by atoms with Crippen molar-refractivity contribution in [3.8, 4) is 11.3 Å². The van der Waals surface area contributed by atoms with E-state index in [0.717, 1.165) is 4.57 Å². The van der Waals surface area contributed by atoms with Gasteiger partial charge in [0, 0.05) is 12.1 Å². The number of halogens is 2. The SMILES string of the molecule is CNC(C)C(=O)Nc1ncc(-c2ccc(F)cc2)n(CC(=O)NCc2ccc(F)cc2)c1=O. The molecule has 0 saturated heterocycles. The smallest absolute Gasteiger partial charge is 0.294 e. The molecule has 0 spiro atoms. The zero-order valence-electron chi connectivity index (χ0n) is 18.1. The molecule has 1 atom stereocenters. The van der Waals surface area contributed by atoms with Gasteiger partial charge in [-0.25, -0.2) is 13.8 Å². The molecule has 2 amide bonds. The number of carbonyl (C=O) groups excluding carboxylic acids is 2. The maximum absolute atomic E-state index is 13.4. The van der Waals surface area contributed by atoms with Crippen molar-refractivity contribution < 1.29 is 18.4 Å². The van der Waals surface area contributed by atoms with Gasteiger partial charge in [0.25, 0.3) is 5.56 Å². The number of rotatable bonds is 8. The Kier molecular flexibility index (Phi) is 7.62. The van der Waals surface area contributed by atoms with Gasteiger partial charge in [-0.2, -0.15) is 0 Å². The van der Waals surface area contributed by atoms with Crippen molar-refractivity contribution >= 4 is 17.6 Å². The Morgan fingerprint density at radius 2 is 1.64 bits per heavy atom. The van der Waals surface area contributed by atoms with Crippen LogP contribution in [0.3, 0.4) is 0 Å². The van der Waals surface area contributed by atoms with E-state index >= 15 is 0 Å². The van der Waals surface area contributed by atoms with Gasteiger partial charge in [-0.15, -0.1) is 0 Å². The van der Waals surface area contributed by atoms with Gasteiger partial charge in [0.2, 0.25) is 11.8 Å². The van der Waals surface area contributed by atoms with Crippen LogP contribution in [0.5, 0.6) is 0 Å². The molecule has 0 aliphatic heterocycles. The largest absolute Gasteiger partial charge is 0.350 e. The summed E-state index contributed by atoms with van der Waals surface area (Å²) in [5, 5.41) is 7.88. The number of nitrogens with zero attached hydrogens (tertiary/aromatic N) is 2. The molecule has 0 radical (unpaired) electrons. The fourth-order valence-corrected chi connectivity index (χ4v) is 2.94. The lowest BCUT2D eigenvalue weighted by molar-refractivity contribution is -0.121. The van der Waals surface area contributed by atoms with Crippen LogP contribution in [0, 0.1) is 11.6 Å². The predicted octanol–water partition coefficient (Wildman–Crippen LogP) is 2.05. The third kappa shape index (κ3) is 6.07. The summed E-state index contributed by atoms with van der Waals surface area (Å²) in [5.41, 5.74) is 0.732. The highest BCUT2D eigenvalue weighted by molar-refractivity contribution is 5.93. The molecule has 0 aliphatic rings. The van der Waals surface area contributed by atoms with E-state index in [9.17, 15) is 23.2 Å². The number of benzene rings is 2. The average molecular weight is 455 g/mol. The first-order valence-electron chi connectivity index (χ1n) is 10.1. The van der Waals surface area contributed by atoms with Crippen LogP contribution >= 0.6 is 0 Å². The number of aromatic nitrogens is 2. The summed E-state index contributed by atoms with van der Waals surface area (Å²) in [6, 6.07) is 10.4. The summed E-state index contributed by atoms with van der Waals surface area (Å²) in [6.07, 6.45) is 1.33. The Labute approximate surface area is 188 Å². The lowest BCUT2D eigenvalue weighted by atomic mass is 10.1. The Morgan fingerprint density at radius 3 is 2.24 bits per heavy atom. The molecule has 1 aromatic heterocycles. The van der Waals surface area contributed by atoms with Gasteiger partial charge in [-0.05, 0) is 55.9 Å². The molecule has 0 bridgehead atoms. The molecule has 10 heteroatoms. The van der Waals surface area contributed by atoms with Crippen molar-refractivity contribution in [3.63, 3.8) is 0 Å². The molecule has 1 unspecified atom stereocenters. The summed E-state index contributed by atoms with van der Waals surface area (Å²) in [7, 11) is 1.60. The summed E-state index contributed by atoms with van der Waals surface area (Å²) < 4.78 is 27.6. The summed E-state index contributed by atoms with van der Waals surface area (Å²) >= 11 is 0. The number of hydrogen-bond donors (Lipinski definition) is 3. The van der Waals surface area contributed by atoms with Gasteiger partial charge in [0.1, 0.15) is 18.2 Å². The van der Waals surface area contributed by atoms with Gasteiger partial charge in [0.15, 0.2) is 5.82 Å². The molecule has 3 aromatic rings. The minimum absolute atomic E-state index is 0.133. The first kappa shape index (κ1) is 23.7. The number of carbonyl (C=O) groups is 2. The Bertz CT molecular complexity index is 1190. The minimum atomic E-state index is -0.689. The van der Waals surface area contributed by atoms with Crippen LogP contribution in [0.1, 0.15) is 12.5 Å². The molecule has 2 aromatic carbocycles. The molecule has 1 heterocycles. The number of likely N-dealkylation sites (N-methyl/N-ethyl adjacent to an activating group) is 1. The molecule has 3 rings (SSSR count). The second kappa shape index (κ2) is 10.6.